The number of thiol groups is 1. The van der Waals surface area contributed by atoms with Gasteiger partial charge in [-0.3, -0.25) is 0 Å². The van der Waals surface area contributed by atoms with E-state index in [1.54, 1.807) is 31.2 Å². The Balaban J connectivity index is 3.13. The molecular weight excluding hydrogens is 256 g/mol. The van der Waals surface area contributed by atoms with Crippen LogP contribution in [0.15, 0.2) is 24.8 Å². The van der Waals surface area contributed by atoms with Gasteiger partial charge >= 0.3 is 0 Å². The first-order valence-corrected chi connectivity index (χ1v) is 6.83. The molecule has 1 aromatic carbocycles. The molecule has 0 fully saturated rings. The Labute approximate surface area is 109 Å². The van der Waals surface area contributed by atoms with E-state index < -0.39 is 16.0 Å². The van der Waals surface area contributed by atoms with Gasteiger partial charge in [-0.2, -0.15) is 0 Å². The monoisotopic (exact) mass is 270 g/mol. The lowest BCUT2D eigenvalue weighted by Crippen LogP contribution is -1.98. The van der Waals surface area contributed by atoms with Crippen molar-refractivity contribution in [2.45, 2.75) is 19.1 Å². The molecule has 0 spiro atoms. The van der Waals surface area contributed by atoms with Crippen LogP contribution in [0.5, 0.6) is 0 Å². The van der Waals surface area contributed by atoms with Crippen molar-refractivity contribution in [2.75, 3.05) is 0 Å². The molecule has 0 aliphatic carbocycles. The fourth-order valence-corrected chi connectivity index (χ4v) is 1.97. The molecule has 0 saturated heterocycles. The molecule has 92 valence electrons. The van der Waals surface area contributed by atoms with Crippen molar-refractivity contribution >= 4 is 34.5 Å². The minimum Gasteiger partial charge on any atom is -0.231 e. The summed E-state index contributed by atoms with van der Waals surface area (Å²) >= 11 is 6.02. The van der Waals surface area contributed by atoms with Gasteiger partial charge in [0.15, 0.2) is 0 Å². The number of halogens is 1. The van der Waals surface area contributed by atoms with Crippen molar-refractivity contribution in [2.24, 2.45) is 0 Å². The Hall–Kier alpha value is -1.06. The second-order valence-corrected chi connectivity index (χ2v) is 5.56. The second kappa shape index (κ2) is 6.03. The maximum atomic E-state index is 10.7. The Morgan fingerprint density at radius 2 is 2.06 bits per heavy atom. The van der Waals surface area contributed by atoms with E-state index in [9.17, 15) is 8.42 Å². The fourth-order valence-electron chi connectivity index (χ4n) is 1.46. The molecule has 0 heterocycles. The van der Waals surface area contributed by atoms with Crippen LogP contribution in [0.25, 0.3) is 12.2 Å². The Kier molecular flexibility index (Phi) is 4.97. The first-order valence-electron chi connectivity index (χ1n) is 5.20. The second-order valence-electron chi connectivity index (χ2n) is 3.76. The minimum absolute atomic E-state index is 0.466. The number of hydrogen-bond donors (Lipinski definition) is 1. The summed E-state index contributed by atoms with van der Waals surface area (Å²) in [7, 11) is -2.42. The highest BCUT2D eigenvalue weighted by Gasteiger charge is 2.04. The van der Waals surface area contributed by atoms with Gasteiger partial charge < -0.3 is 0 Å². The zero-order valence-electron chi connectivity index (χ0n) is 9.81. The third-order valence-corrected chi connectivity index (χ3v) is 3.76. The van der Waals surface area contributed by atoms with Crippen molar-refractivity contribution in [3.63, 3.8) is 0 Å². The van der Waals surface area contributed by atoms with E-state index in [0.717, 1.165) is 16.7 Å². The average Bonchev–Trinajstić information content (AvgIpc) is 2.28. The lowest BCUT2D eigenvalue weighted by Gasteiger charge is -2.07. The first kappa shape index (κ1) is 14.0. The van der Waals surface area contributed by atoms with Gasteiger partial charge in [-0.05, 0) is 36.6 Å². The highest BCUT2D eigenvalue weighted by Crippen LogP contribution is 2.24. The molecule has 1 aromatic rings. The zero-order valence-corrected chi connectivity index (χ0v) is 11.5. The Bertz CT molecular complexity index is 522. The summed E-state index contributed by atoms with van der Waals surface area (Å²) in [6.07, 6.45) is 5.16. The lowest BCUT2D eigenvalue weighted by atomic mass is 10.0. The maximum Gasteiger partial charge on any atom is 0.146 e. The highest BCUT2D eigenvalue weighted by molar-refractivity contribution is 7.73. The topological polar surface area (TPSA) is 34.1 Å². The standard InChI is InChI=1S/C13H15ClO2S/c1-4-12-10(3)11(7-8-13(12)14)6-5-9(2)17(15)16/h4-9,17H,1H2,2-3H3/b6-5-. The number of hydrogen-bond acceptors (Lipinski definition) is 2. The van der Waals surface area contributed by atoms with Gasteiger partial charge in [-0.25, -0.2) is 8.42 Å². The molecule has 0 N–H and O–H groups in total. The molecule has 0 bridgehead atoms. The summed E-state index contributed by atoms with van der Waals surface area (Å²) in [6, 6.07) is 3.65. The molecule has 0 saturated carbocycles. The molecule has 0 aliphatic rings. The summed E-state index contributed by atoms with van der Waals surface area (Å²) in [4.78, 5) is 0. The van der Waals surface area contributed by atoms with Gasteiger partial charge in [0.1, 0.15) is 10.7 Å². The van der Waals surface area contributed by atoms with Gasteiger partial charge in [0.25, 0.3) is 0 Å². The lowest BCUT2D eigenvalue weighted by molar-refractivity contribution is 0.610. The SMILES string of the molecule is C=Cc1c(Cl)ccc(/C=C\C(C)[SH](=O)=O)c1C. The third kappa shape index (κ3) is 3.45. The maximum absolute atomic E-state index is 10.7. The van der Waals surface area contributed by atoms with Gasteiger partial charge in [0, 0.05) is 5.02 Å². The predicted octanol–water partition coefficient (Wildman–Crippen LogP) is 3.30. The smallest absolute Gasteiger partial charge is 0.146 e. The molecule has 1 atom stereocenters. The molecule has 17 heavy (non-hydrogen) atoms. The summed E-state index contributed by atoms with van der Waals surface area (Å²) < 4.78 is 21.5. The fraction of sp³-hybridized carbons (Fsp3) is 0.231. The average molecular weight is 271 g/mol. The van der Waals surface area contributed by atoms with Crippen molar-refractivity contribution in [3.05, 3.63) is 46.5 Å². The first-order chi connectivity index (χ1) is 7.97. The van der Waals surface area contributed by atoms with Gasteiger partial charge in [-0.1, -0.05) is 42.5 Å². The number of benzene rings is 1. The molecule has 0 aliphatic heterocycles. The van der Waals surface area contributed by atoms with Crippen molar-refractivity contribution in [1.29, 1.82) is 0 Å². The van der Waals surface area contributed by atoms with E-state index in [4.69, 9.17) is 11.6 Å². The summed E-state index contributed by atoms with van der Waals surface area (Å²) in [5.41, 5.74) is 2.83. The van der Waals surface area contributed by atoms with Crippen LogP contribution in [0.4, 0.5) is 0 Å². The minimum atomic E-state index is -2.42. The van der Waals surface area contributed by atoms with Gasteiger partial charge in [0.2, 0.25) is 0 Å². The van der Waals surface area contributed by atoms with Crippen LogP contribution in [0.1, 0.15) is 23.6 Å². The molecular formula is C13H15ClO2S. The van der Waals surface area contributed by atoms with Crippen LogP contribution in [0.2, 0.25) is 5.02 Å². The van der Waals surface area contributed by atoms with Crippen LogP contribution in [0.3, 0.4) is 0 Å². The summed E-state index contributed by atoms with van der Waals surface area (Å²) in [5, 5.41) is 0.185. The molecule has 0 radical (unpaired) electrons. The van der Waals surface area contributed by atoms with E-state index in [1.807, 2.05) is 13.0 Å². The highest BCUT2D eigenvalue weighted by atomic mass is 35.5. The van der Waals surface area contributed by atoms with Crippen LogP contribution in [0, 0.1) is 6.92 Å². The predicted molar refractivity (Wildman–Crippen MR) is 75.1 cm³/mol. The van der Waals surface area contributed by atoms with Gasteiger partial charge in [0.05, 0.1) is 5.25 Å². The van der Waals surface area contributed by atoms with Crippen molar-refractivity contribution < 1.29 is 8.42 Å². The summed E-state index contributed by atoms with van der Waals surface area (Å²) in [6.45, 7) is 7.29. The van der Waals surface area contributed by atoms with E-state index in [1.165, 1.54) is 0 Å². The summed E-state index contributed by atoms with van der Waals surface area (Å²) in [5.74, 6) is 0. The van der Waals surface area contributed by atoms with E-state index in [-0.39, 0.29) is 0 Å². The van der Waals surface area contributed by atoms with Crippen LogP contribution in [-0.4, -0.2) is 13.7 Å². The van der Waals surface area contributed by atoms with Crippen LogP contribution >= 0.6 is 11.6 Å². The quantitative estimate of drug-likeness (QED) is 0.852. The van der Waals surface area contributed by atoms with Gasteiger partial charge in [-0.15, -0.1) is 0 Å². The molecule has 0 amide bonds. The molecule has 2 nitrogen and oxygen atoms in total. The largest absolute Gasteiger partial charge is 0.231 e. The molecule has 1 unspecified atom stereocenters. The van der Waals surface area contributed by atoms with Crippen LogP contribution < -0.4 is 0 Å². The molecule has 1 rings (SSSR count). The number of rotatable bonds is 4. The van der Waals surface area contributed by atoms with Crippen LogP contribution in [-0.2, 0) is 10.7 Å². The van der Waals surface area contributed by atoms with Crippen molar-refractivity contribution in [1.82, 2.24) is 0 Å². The van der Waals surface area contributed by atoms with Crippen molar-refractivity contribution in [3.8, 4) is 0 Å². The van der Waals surface area contributed by atoms with E-state index in [2.05, 4.69) is 6.58 Å². The molecule has 4 heteroatoms. The van der Waals surface area contributed by atoms with E-state index >= 15 is 0 Å². The molecule has 0 aromatic heterocycles. The normalized spacial score (nSPS) is 13.2. The van der Waals surface area contributed by atoms with E-state index in [0.29, 0.717) is 5.02 Å². The Morgan fingerprint density at radius 1 is 1.41 bits per heavy atom. The third-order valence-electron chi connectivity index (χ3n) is 2.59. The Morgan fingerprint density at radius 3 is 2.59 bits per heavy atom. The zero-order chi connectivity index (χ0) is 13.0.